The van der Waals surface area contributed by atoms with Crippen molar-refractivity contribution < 1.29 is 13.9 Å². The van der Waals surface area contributed by atoms with Gasteiger partial charge in [-0.25, -0.2) is 4.39 Å². The van der Waals surface area contributed by atoms with Gasteiger partial charge in [0, 0.05) is 10.0 Å². The van der Waals surface area contributed by atoms with E-state index in [1.807, 2.05) is 0 Å². The highest BCUT2D eigenvalue weighted by molar-refractivity contribution is 9.10. The quantitative estimate of drug-likeness (QED) is 0.579. The fraction of sp³-hybridized carbons (Fsp3) is 0.133. The van der Waals surface area contributed by atoms with Crippen molar-refractivity contribution in [3.63, 3.8) is 0 Å². The molecule has 2 aromatic carbocycles. The molecule has 2 N–H and O–H groups in total. The smallest absolute Gasteiger partial charge is 0.163 e. The first-order valence-electron chi connectivity index (χ1n) is 6.05. The van der Waals surface area contributed by atoms with Gasteiger partial charge in [-0.2, -0.15) is 0 Å². The number of anilines is 1. The number of nitrogens with two attached hydrogens (primary N) is 1. The fourth-order valence-corrected chi connectivity index (χ4v) is 2.70. The lowest BCUT2D eigenvalue weighted by molar-refractivity contribution is 0.101. The number of benzene rings is 2. The normalized spacial score (nSPS) is 10.5. The van der Waals surface area contributed by atoms with Gasteiger partial charge in [0.2, 0.25) is 0 Å². The summed E-state index contributed by atoms with van der Waals surface area (Å²) in [5.41, 5.74) is 7.26. The summed E-state index contributed by atoms with van der Waals surface area (Å²) in [6, 6.07) is 7.98. The van der Waals surface area contributed by atoms with E-state index in [9.17, 15) is 9.18 Å². The summed E-state index contributed by atoms with van der Waals surface area (Å²) in [6.07, 6.45) is 0. The highest BCUT2D eigenvalue weighted by Gasteiger charge is 2.15. The van der Waals surface area contributed by atoms with Gasteiger partial charge in [0.25, 0.3) is 0 Å². The molecule has 0 aliphatic carbocycles. The number of hydrogen-bond donors (Lipinski definition) is 1. The lowest BCUT2D eigenvalue weighted by atomic mass is 10.1. The number of nitrogen functional groups attached to an aromatic ring is 1. The Kier molecular flexibility index (Phi) is 5.00. The number of Topliss-reactive ketones (excluding diaryl/α,β-unsaturated/α-hetero) is 1. The number of halogens is 3. The van der Waals surface area contributed by atoms with Crippen LogP contribution in [-0.4, -0.2) is 5.78 Å². The van der Waals surface area contributed by atoms with Crippen LogP contribution in [0, 0.1) is 5.82 Å². The third-order valence-electron chi connectivity index (χ3n) is 2.87. The molecule has 0 saturated carbocycles. The summed E-state index contributed by atoms with van der Waals surface area (Å²) in [7, 11) is 0. The number of ether oxygens (including phenoxy) is 1. The molecular weight excluding hydrogens is 405 g/mol. The number of rotatable bonds is 4. The topological polar surface area (TPSA) is 52.3 Å². The Morgan fingerprint density at radius 3 is 2.71 bits per heavy atom. The molecule has 2 aromatic rings. The Morgan fingerprint density at radius 2 is 2.05 bits per heavy atom. The van der Waals surface area contributed by atoms with Gasteiger partial charge in [0.15, 0.2) is 11.5 Å². The van der Waals surface area contributed by atoms with Crippen LogP contribution in [-0.2, 0) is 6.61 Å². The van der Waals surface area contributed by atoms with E-state index in [-0.39, 0.29) is 18.2 Å². The molecule has 6 heteroatoms. The van der Waals surface area contributed by atoms with E-state index in [0.717, 1.165) is 0 Å². The zero-order valence-electron chi connectivity index (χ0n) is 11.1. The summed E-state index contributed by atoms with van der Waals surface area (Å²) < 4.78 is 20.1. The number of ketones is 1. The predicted octanol–water partition coefficient (Wildman–Crippen LogP) is 4.71. The van der Waals surface area contributed by atoms with Gasteiger partial charge in [-0.05, 0) is 41.1 Å². The van der Waals surface area contributed by atoms with Crippen molar-refractivity contribution in [1.29, 1.82) is 0 Å². The van der Waals surface area contributed by atoms with Crippen LogP contribution < -0.4 is 10.5 Å². The molecule has 0 heterocycles. The van der Waals surface area contributed by atoms with Crippen molar-refractivity contribution in [2.45, 2.75) is 13.5 Å². The predicted molar refractivity (Wildman–Crippen MR) is 87.0 cm³/mol. The lowest BCUT2D eigenvalue weighted by Gasteiger charge is -2.14. The van der Waals surface area contributed by atoms with Gasteiger partial charge >= 0.3 is 0 Å². The Bertz CT molecular complexity index is 704. The van der Waals surface area contributed by atoms with Gasteiger partial charge in [-0.1, -0.05) is 28.1 Å². The molecule has 0 fully saturated rings. The van der Waals surface area contributed by atoms with Gasteiger partial charge in [-0.15, -0.1) is 0 Å². The van der Waals surface area contributed by atoms with Gasteiger partial charge < -0.3 is 10.5 Å². The van der Waals surface area contributed by atoms with E-state index in [1.54, 1.807) is 24.3 Å². The van der Waals surface area contributed by atoms with Crippen molar-refractivity contribution in [3.05, 3.63) is 56.2 Å². The first kappa shape index (κ1) is 16.0. The van der Waals surface area contributed by atoms with Crippen molar-refractivity contribution >= 4 is 43.3 Å². The van der Waals surface area contributed by atoms with Crippen LogP contribution >= 0.6 is 31.9 Å². The first-order valence-corrected chi connectivity index (χ1v) is 7.64. The van der Waals surface area contributed by atoms with E-state index < -0.39 is 0 Å². The van der Waals surface area contributed by atoms with Crippen LogP contribution in [0.15, 0.2) is 39.3 Å². The maximum absolute atomic E-state index is 13.5. The summed E-state index contributed by atoms with van der Waals surface area (Å²) in [5, 5.41) is 0. The molecule has 0 unspecified atom stereocenters. The van der Waals surface area contributed by atoms with Crippen LogP contribution in [0.1, 0.15) is 22.8 Å². The SMILES string of the molecule is CC(=O)c1cc(Br)cc(N)c1OCc1cccc(F)c1Br. The van der Waals surface area contributed by atoms with E-state index in [4.69, 9.17) is 10.5 Å². The fourth-order valence-electron chi connectivity index (χ4n) is 1.85. The minimum absolute atomic E-state index is 0.102. The molecule has 0 aliphatic heterocycles. The summed E-state index contributed by atoms with van der Waals surface area (Å²) in [4.78, 5) is 11.7. The zero-order valence-corrected chi connectivity index (χ0v) is 14.3. The highest BCUT2D eigenvalue weighted by Crippen LogP contribution is 2.32. The second-order valence-corrected chi connectivity index (χ2v) is 6.14. The molecule has 0 saturated heterocycles. The third-order valence-corrected chi connectivity index (χ3v) is 4.21. The zero-order chi connectivity index (χ0) is 15.6. The molecule has 0 atom stereocenters. The average Bonchev–Trinajstić information content (AvgIpc) is 2.41. The Hall–Kier alpha value is -1.40. The first-order chi connectivity index (χ1) is 9.90. The summed E-state index contributed by atoms with van der Waals surface area (Å²) in [5.74, 6) is -0.218. The Balaban J connectivity index is 2.32. The van der Waals surface area contributed by atoms with E-state index >= 15 is 0 Å². The van der Waals surface area contributed by atoms with Crippen molar-refractivity contribution in [2.75, 3.05) is 5.73 Å². The van der Waals surface area contributed by atoms with E-state index in [1.165, 1.54) is 13.0 Å². The molecule has 0 amide bonds. The third kappa shape index (κ3) is 3.63. The second-order valence-electron chi connectivity index (χ2n) is 4.43. The maximum Gasteiger partial charge on any atom is 0.163 e. The van der Waals surface area contributed by atoms with Crippen molar-refractivity contribution in [1.82, 2.24) is 0 Å². The number of hydrogen-bond acceptors (Lipinski definition) is 3. The molecule has 0 bridgehead atoms. The highest BCUT2D eigenvalue weighted by atomic mass is 79.9. The molecular formula is C15H12Br2FNO2. The van der Waals surface area contributed by atoms with Gasteiger partial charge in [0.1, 0.15) is 12.4 Å². The summed E-state index contributed by atoms with van der Waals surface area (Å²) >= 11 is 6.46. The molecule has 21 heavy (non-hydrogen) atoms. The van der Waals surface area contributed by atoms with Crippen LogP contribution in [0.4, 0.5) is 10.1 Å². The Labute approximate surface area is 138 Å². The molecule has 0 radical (unpaired) electrons. The molecule has 2 rings (SSSR count). The van der Waals surface area contributed by atoms with E-state index in [0.29, 0.717) is 31.5 Å². The standard InChI is InChI=1S/C15H12Br2FNO2/c1-8(20)11-5-10(16)6-13(19)15(11)21-7-9-3-2-4-12(18)14(9)17/h2-6H,7,19H2,1H3. The lowest BCUT2D eigenvalue weighted by Crippen LogP contribution is -2.05. The summed E-state index contributed by atoms with van der Waals surface area (Å²) in [6.45, 7) is 1.54. The van der Waals surface area contributed by atoms with Crippen LogP contribution in [0.5, 0.6) is 5.75 Å². The second kappa shape index (κ2) is 6.58. The number of carbonyl (C=O) groups excluding carboxylic acids is 1. The van der Waals surface area contributed by atoms with Gasteiger partial charge in [-0.3, -0.25) is 4.79 Å². The monoisotopic (exact) mass is 415 g/mol. The molecule has 0 aromatic heterocycles. The molecule has 0 aliphatic rings. The molecule has 110 valence electrons. The Morgan fingerprint density at radius 1 is 1.33 bits per heavy atom. The largest absolute Gasteiger partial charge is 0.486 e. The number of carbonyl (C=O) groups is 1. The minimum Gasteiger partial charge on any atom is -0.486 e. The average molecular weight is 417 g/mol. The van der Waals surface area contributed by atoms with Crippen LogP contribution in [0.2, 0.25) is 0 Å². The van der Waals surface area contributed by atoms with Crippen LogP contribution in [0.25, 0.3) is 0 Å². The van der Waals surface area contributed by atoms with E-state index in [2.05, 4.69) is 31.9 Å². The van der Waals surface area contributed by atoms with Crippen molar-refractivity contribution in [2.24, 2.45) is 0 Å². The van der Waals surface area contributed by atoms with Crippen LogP contribution in [0.3, 0.4) is 0 Å². The molecule has 3 nitrogen and oxygen atoms in total. The minimum atomic E-state index is -0.369. The van der Waals surface area contributed by atoms with Gasteiger partial charge in [0.05, 0.1) is 15.7 Å². The maximum atomic E-state index is 13.5. The van der Waals surface area contributed by atoms with Crippen molar-refractivity contribution in [3.8, 4) is 5.75 Å². The molecule has 0 spiro atoms.